The number of fused-ring (bicyclic) bond motifs is 3. The molecule has 0 saturated carbocycles. The lowest BCUT2D eigenvalue weighted by molar-refractivity contribution is 0.0636. The molecule has 5 aromatic rings. The molecule has 0 bridgehead atoms. The van der Waals surface area contributed by atoms with Gasteiger partial charge in [0.1, 0.15) is 29.7 Å². The quantitative estimate of drug-likeness (QED) is 0.198. The van der Waals surface area contributed by atoms with Crippen LogP contribution in [-0.2, 0) is 17.7 Å². The largest absolute Gasteiger partial charge is 0.462 e. The van der Waals surface area contributed by atoms with Crippen molar-refractivity contribution >= 4 is 49.5 Å². The number of thiazole rings is 1. The standard InChI is InChI=1S/C35H37F2N7O3S/c1-19-13-21-15-38-16-27(37)25(21)17-44(19)31-24-9-8-20(14-28(24)39-32(41-31)46-18-22-7-6-12-43(22)5)23-10-11-26(36)30-29(23)40-33(48-30)42-34(45)47-35(2,3)4/h8-11,14-16,19,22H,6-7,12-13,17-18H2,1-5H3,(H,40,42,45)/t19-,22+/m1/s1. The van der Waals surface area contributed by atoms with Crippen molar-refractivity contribution in [3.8, 4) is 17.1 Å². The van der Waals surface area contributed by atoms with Gasteiger partial charge in [-0.3, -0.25) is 10.3 Å². The summed E-state index contributed by atoms with van der Waals surface area (Å²) in [6, 6.07) is 9.35. The first-order chi connectivity index (χ1) is 22.9. The molecule has 0 unspecified atom stereocenters. The lowest BCUT2D eigenvalue weighted by atomic mass is 9.95. The minimum atomic E-state index is -0.695. The van der Waals surface area contributed by atoms with Gasteiger partial charge < -0.3 is 19.3 Å². The first kappa shape index (κ1) is 32.1. The maximum absolute atomic E-state index is 15.0. The van der Waals surface area contributed by atoms with E-state index in [1.807, 2.05) is 18.2 Å². The molecular weight excluding hydrogens is 636 g/mol. The molecule has 2 atom stereocenters. The molecule has 0 radical (unpaired) electrons. The van der Waals surface area contributed by atoms with Crippen LogP contribution in [-0.4, -0.2) is 68.8 Å². The number of halogens is 2. The summed E-state index contributed by atoms with van der Waals surface area (Å²) in [4.78, 5) is 35.2. The zero-order valence-electron chi connectivity index (χ0n) is 27.5. The van der Waals surface area contributed by atoms with Gasteiger partial charge in [-0.25, -0.2) is 18.6 Å². The van der Waals surface area contributed by atoms with E-state index in [1.54, 1.807) is 33.0 Å². The highest BCUT2D eigenvalue weighted by atomic mass is 32.1. The van der Waals surface area contributed by atoms with Gasteiger partial charge in [0.2, 0.25) is 0 Å². The SMILES string of the molecule is C[C@@H]1Cc2cncc(F)c2CN1c1nc(OC[C@@H]2CCCN2C)nc2cc(-c3ccc(F)c4sc(NC(=O)OC(C)(C)C)nc34)ccc12. The summed E-state index contributed by atoms with van der Waals surface area (Å²) >= 11 is 1.04. The number of carbonyl (C=O) groups excluding carboxylic acids is 1. The van der Waals surface area contributed by atoms with Crippen molar-refractivity contribution in [1.82, 2.24) is 24.8 Å². The lowest BCUT2D eigenvalue weighted by Crippen LogP contribution is -2.39. The fraction of sp³-hybridized carbons (Fsp3) is 0.400. The van der Waals surface area contributed by atoms with Gasteiger partial charge in [0, 0.05) is 41.3 Å². The zero-order chi connectivity index (χ0) is 33.7. The Morgan fingerprint density at radius 1 is 1.10 bits per heavy atom. The second-order valence-electron chi connectivity index (χ2n) is 13.5. The van der Waals surface area contributed by atoms with Crippen LogP contribution in [0.4, 0.5) is 24.5 Å². The Kier molecular flexibility index (Phi) is 8.36. The molecular formula is C35H37F2N7O3S. The minimum absolute atomic E-state index is 0.00955. The highest BCUT2D eigenvalue weighted by molar-refractivity contribution is 7.22. The van der Waals surface area contributed by atoms with Crippen LogP contribution in [0.25, 0.3) is 32.2 Å². The van der Waals surface area contributed by atoms with Crippen LogP contribution in [0.3, 0.4) is 0 Å². The summed E-state index contributed by atoms with van der Waals surface area (Å²) in [5.74, 6) is -0.129. The second-order valence-corrected chi connectivity index (χ2v) is 14.5. The van der Waals surface area contributed by atoms with Gasteiger partial charge in [-0.1, -0.05) is 17.4 Å². The average Bonchev–Trinajstić information content (AvgIpc) is 3.64. The summed E-state index contributed by atoms with van der Waals surface area (Å²) in [5, 5.41) is 3.64. The zero-order valence-corrected chi connectivity index (χ0v) is 28.3. The number of amides is 1. The monoisotopic (exact) mass is 673 g/mol. The van der Waals surface area contributed by atoms with E-state index < -0.39 is 17.5 Å². The molecule has 0 aliphatic carbocycles. The minimum Gasteiger partial charge on any atom is -0.462 e. The van der Waals surface area contributed by atoms with E-state index in [2.05, 4.69) is 39.1 Å². The van der Waals surface area contributed by atoms with Gasteiger partial charge in [0.15, 0.2) is 5.13 Å². The first-order valence-electron chi connectivity index (χ1n) is 16.1. The molecule has 2 aromatic carbocycles. The van der Waals surface area contributed by atoms with Crippen LogP contribution in [0.2, 0.25) is 0 Å². The highest BCUT2D eigenvalue weighted by Gasteiger charge is 2.29. The number of nitrogens with zero attached hydrogens (tertiary/aromatic N) is 6. The number of hydrogen-bond donors (Lipinski definition) is 1. The summed E-state index contributed by atoms with van der Waals surface area (Å²) in [6.07, 6.45) is 5.08. The van der Waals surface area contributed by atoms with Gasteiger partial charge in [0.25, 0.3) is 0 Å². The number of carbonyl (C=O) groups is 1. The first-order valence-corrected chi connectivity index (χ1v) is 16.9. The number of nitrogens with one attached hydrogen (secondary N) is 1. The molecule has 250 valence electrons. The summed E-state index contributed by atoms with van der Waals surface area (Å²) in [6.45, 7) is 9.18. The number of likely N-dealkylation sites (tertiary alicyclic amines) is 1. The predicted molar refractivity (Wildman–Crippen MR) is 183 cm³/mol. The number of likely N-dealkylation sites (N-methyl/N-ethyl adjacent to an activating group) is 1. The Hall–Kier alpha value is -4.49. The number of ether oxygens (including phenoxy) is 2. The molecule has 1 saturated heterocycles. The van der Waals surface area contributed by atoms with E-state index >= 15 is 4.39 Å². The molecule has 1 fully saturated rings. The number of anilines is 2. The van der Waals surface area contributed by atoms with Crippen molar-refractivity contribution in [1.29, 1.82) is 0 Å². The molecule has 0 spiro atoms. The summed E-state index contributed by atoms with van der Waals surface area (Å²) in [7, 11) is 2.09. The van der Waals surface area contributed by atoms with Crippen LogP contribution in [0.5, 0.6) is 6.01 Å². The molecule has 13 heteroatoms. The second kappa shape index (κ2) is 12.5. The maximum Gasteiger partial charge on any atom is 0.413 e. The Labute approximate surface area is 281 Å². The van der Waals surface area contributed by atoms with Crippen LogP contribution in [0.15, 0.2) is 42.7 Å². The van der Waals surface area contributed by atoms with E-state index in [0.29, 0.717) is 52.3 Å². The Morgan fingerprint density at radius 3 is 2.71 bits per heavy atom. The Balaban J connectivity index is 1.29. The van der Waals surface area contributed by atoms with Gasteiger partial charge in [0.05, 0.1) is 21.9 Å². The van der Waals surface area contributed by atoms with Gasteiger partial charge in [-0.15, -0.1) is 0 Å². The summed E-state index contributed by atoms with van der Waals surface area (Å²) < 4.78 is 41.9. The molecule has 48 heavy (non-hydrogen) atoms. The fourth-order valence-corrected chi connectivity index (χ4v) is 7.33. The van der Waals surface area contributed by atoms with E-state index in [1.165, 1.54) is 12.3 Å². The van der Waals surface area contributed by atoms with Crippen molar-refractivity contribution in [2.24, 2.45) is 0 Å². The smallest absolute Gasteiger partial charge is 0.413 e. The topological polar surface area (TPSA) is 106 Å². The van der Waals surface area contributed by atoms with Crippen molar-refractivity contribution in [2.75, 3.05) is 30.4 Å². The lowest BCUT2D eigenvalue weighted by Gasteiger charge is -2.36. The van der Waals surface area contributed by atoms with Gasteiger partial charge in [-0.2, -0.15) is 9.97 Å². The van der Waals surface area contributed by atoms with Crippen molar-refractivity contribution in [3.63, 3.8) is 0 Å². The van der Waals surface area contributed by atoms with Crippen LogP contribution in [0.1, 0.15) is 51.7 Å². The Bertz CT molecular complexity index is 2030. The molecule has 10 nitrogen and oxygen atoms in total. The van der Waals surface area contributed by atoms with E-state index in [9.17, 15) is 9.18 Å². The highest BCUT2D eigenvalue weighted by Crippen LogP contribution is 2.39. The molecule has 2 aliphatic rings. The van der Waals surface area contributed by atoms with E-state index in [-0.39, 0.29) is 29.0 Å². The maximum atomic E-state index is 15.0. The fourth-order valence-electron chi connectivity index (χ4n) is 6.45. The normalized spacial score (nSPS) is 18.4. The van der Waals surface area contributed by atoms with Crippen LogP contribution >= 0.6 is 11.3 Å². The predicted octanol–water partition coefficient (Wildman–Crippen LogP) is 7.35. The number of pyridine rings is 1. The molecule has 1 N–H and O–H groups in total. The number of hydrogen-bond acceptors (Lipinski definition) is 10. The van der Waals surface area contributed by atoms with Crippen molar-refractivity contribution in [2.45, 2.75) is 71.2 Å². The third-order valence-corrected chi connectivity index (χ3v) is 9.87. The van der Waals surface area contributed by atoms with Gasteiger partial charge in [-0.05, 0) is 95.9 Å². The molecule has 2 aliphatic heterocycles. The number of benzene rings is 2. The molecule has 7 rings (SSSR count). The average molecular weight is 674 g/mol. The van der Waals surface area contributed by atoms with Gasteiger partial charge >= 0.3 is 12.1 Å². The van der Waals surface area contributed by atoms with E-state index in [0.717, 1.165) is 47.2 Å². The molecule has 5 heterocycles. The summed E-state index contributed by atoms with van der Waals surface area (Å²) in [5.41, 5.74) is 3.26. The third kappa shape index (κ3) is 6.36. The van der Waals surface area contributed by atoms with Crippen LogP contribution in [0, 0.1) is 11.6 Å². The van der Waals surface area contributed by atoms with Crippen molar-refractivity contribution in [3.05, 3.63) is 65.5 Å². The van der Waals surface area contributed by atoms with E-state index in [4.69, 9.17) is 19.4 Å². The molecule has 1 amide bonds. The third-order valence-electron chi connectivity index (χ3n) is 8.89. The number of aromatic nitrogens is 4. The molecule has 3 aromatic heterocycles. The number of rotatable bonds is 6. The van der Waals surface area contributed by atoms with Crippen molar-refractivity contribution < 1.29 is 23.0 Å². The Morgan fingerprint density at radius 2 is 1.94 bits per heavy atom. The van der Waals surface area contributed by atoms with Crippen LogP contribution < -0.4 is 15.0 Å².